The summed E-state index contributed by atoms with van der Waals surface area (Å²) in [5, 5.41) is -0.666. The van der Waals surface area contributed by atoms with Crippen molar-refractivity contribution in [3.05, 3.63) is 46.9 Å². The number of halogens is 3. The lowest BCUT2D eigenvalue weighted by Crippen LogP contribution is -2.20. The summed E-state index contributed by atoms with van der Waals surface area (Å²) in [5.74, 6) is 0.302. The minimum absolute atomic E-state index is 0.137. The van der Waals surface area contributed by atoms with Crippen molar-refractivity contribution >= 4 is 55.9 Å². The molecule has 0 amide bonds. The maximum absolute atomic E-state index is 12.7. The van der Waals surface area contributed by atoms with Crippen molar-refractivity contribution in [2.24, 2.45) is 0 Å². The molecule has 6 nitrogen and oxygen atoms in total. The Bertz CT molecular complexity index is 943. The summed E-state index contributed by atoms with van der Waals surface area (Å²) < 4.78 is 36.4. The Balaban J connectivity index is 2.42. The maximum Gasteiger partial charge on any atom is 0.311 e. The van der Waals surface area contributed by atoms with E-state index in [2.05, 4.69) is 22.6 Å². The van der Waals surface area contributed by atoms with Crippen LogP contribution in [0.1, 0.15) is 18.8 Å². The topological polar surface area (TPSA) is 74.6 Å². The van der Waals surface area contributed by atoms with Crippen LogP contribution >= 0.6 is 45.8 Å². The van der Waals surface area contributed by atoms with Crippen LogP contribution in [0.15, 0.2) is 41.5 Å². The van der Waals surface area contributed by atoms with Gasteiger partial charge in [0.05, 0.1) is 18.1 Å². The first kappa shape index (κ1) is 22.3. The fourth-order valence-corrected chi connectivity index (χ4v) is 3.08. The predicted octanol–water partition coefficient (Wildman–Crippen LogP) is 4.38. The highest BCUT2D eigenvalue weighted by molar-refractivity contribution is 14.1. The van der Waals surface area contributed by atoms with Crippen LogP contribution in [0.25, 0.3) is 11.1 Å². The van der Waals surface area contributed by atoms with Gasteiger partial charge in [-0.3, -0.25) is 4.79 Å². The third-order valence-corrected chi connectivity index (χ3v) is 6.00. The van der Waals surface area contributed by atoms with Crippen LogP contribution in [0.5, 0.6) is 11.5 Å². The number of benzene rings is 1. The highest BCUT2D eigenvalue weighted by Gasteiger charge is 2.18. The van der Waals surface area contributed by atoms with Crippen LogP contribution in [-0.4, -0.2) is 29.3 Å². The second kappa shape index (κ2) is 9.49. The molecule has 148 valence electrons. The smallest absolute Gasteiger partial charge is 0.311 e. The first-order valence-electron chi connectivity index (χ1n) is 7.92. The van der Waals surface area contributed by atoms with E-state index in [4.69, 9.17) is 32.1 Å². The zero-order valence-electron chi connectivity index (χ0n) is 14.6. The van der Waals surface area contributed by atoms with Crippen molar-refractivity contribution in [3.8, 4) is 22.6 Å². The number of aromatic nitrogens is 1. The molecule has 0 saturated heterocycles. The molecule has 0 aliphatic heterocycles. The summed E-state index contributed by atoms with van der Waals surface area (Å²) >= 11 is 14.0. The van der Waals surface area contributed by atoms with Gasteiger partial charge in [-0.15, -0.1) is 0 Å². The Kier molecular flexibility index (Phi) is 7.84. The highest BCUT2D eigenvalue weighted by atomic mass is 127. The van der Waals surface area contributed by atoms with Crippen LogP contribution in [-0.2, 0) is 10.1 Å². The molecule has 0 atom stereocenters. The minimum Gasteiger partial charge on any atom is -0.487 e. The van der Waals surface area contributed by atoms with Crippen LogP contribution < -0.4 is 14.3 Å². The predicted molar refractivity (Wildman–Crippen MR) is 116 cm³/mol. The molecule has 0 saturated carbocycles. The molecule has 1 aromatic heterocycles. The molecule has 10 heteroatoms. The average molecular weight is 546 g/mol. The van der Waals surface area contributed by atoms with Gasteiger partial charge in [0, 0.05) is 16.2 Å². The van der Waals surface area contributed by atoms with Gasteiger partial charge in [0.2, 0.25) is 5.43 Å². The van der Waals surface area contributed by atoms with E-state index in [-0.39, 0.29) is 16.9 Å². The molecule has 0 spiro atoms. The SMILES string of the molecule is CC(C)S(=O)(=O)Oc1ccc(-c2cn(C(Cl)Cl)cc(OCCI)c2=O)cc1. The van der Waals surface area contributed by atoms with Gasteiger partial charge in [0.25, 0.3) is 0 Å². The van der Waals surface area contributed by atoms with Crippen molar-refractivity contribution in [2.75, 3.05) is 11.0 Å². The summed E-state index contributed by atoms with van der Waals surface area (Å²) in [6.45, 7) is 3.43. The first-order valence-corrected chi connectivity index (χ1v) is 11.8. The minimum atomic E-state index is -3.69. The lowest BCUT2D eigenvalue weighted by Gasteiger charge is -2.14. The van der Waals surface area contributed by atoms with Gasteiger partial charge in [0.1, 0.15) is 5.75 Å². The molecule has 2 rings (SSSR count). The van der Waals surface area contributed by atoms with E-state index in [0.29, 0.717) is 22.2 Å². The van der Waals surface area contributed by atoms with E-state index in [1.165, 1.54) is 42.9 Å². The Labute approximate surface area is 181 Å². The van der Waals surface area contributed by atoms with Crippen LogP contribution in [0.4, 0.5) is 0 Å². The average Bonchev–Trinajstić information content (AvgIpc) is 2.61. The summed E-state index contributed by atoms with van der Waals surface area (Å²) in [5.41, 5.74) is 0.566. The normalized spacial score (nSPS) is 11.8. The van der Waals surface area contributed by atoms with Crippen molar-refractivity contribution in [1.82, 2.24) is 4.57 Å². The Hall–Kier alpha value is -0.970. The van der Waals surface area contributed by atoms with E-state index in [1.54, 1.807) is 12.1 Å². The van der Waals surface area contributed by atoms with Crippen LogP contribution in [0, 0.1) is 0 Å². The first-order chi connectivity index (χ1) is 12.7. The summed E-state index contributed by atoms with van der Waals surface area (Å²) in [6, 6.07) is 6.14. The van der Waals surface area contributed by atoms with E-state index >= 15 is 0 Å². The summed E-state index contributed by atoms with van der Waals surface area (Å²) in [4.78, 5) is 11.8. The second-order valence-electron chi connectivity index (χ2n) is 5.78. The van der Waals surface area contributed by atoms with Crippen molar-refractivity contribution < 1.29 is 17.3 Å². The zero-order chi connectivity index (χ0) is 20.2. The fraction of sp³-hybridized carbons (Fsp3) is 0.353. The molecular formula is C17H18Cl2INO5S. The molecule has 0 bridgehead atoms. The van der Waals surface area contributed by atoms with E-state index in [1.807, 2.05) is 0 Å². The van der Waals surface area contributed by atoms with Gasteiger partial charge in [-0.2, -0.15) is 8.42 Å². The van der Waals surface area contributed by atoms with Gasteiger partial charge in [-0.25, -0.2) is 0 Å². The monoisotopic (exact) mass is 545 g/mol. The highest BCUT2D eigenvalue weighted by Crippen LogP contribution is 2.26. The standard InChI is InChI=1S/C17H18Cl2INO5S/c1-11(2)27(23,24)26-13-5-3-12(4-6-13)14-9-21(17(18)19)10-15(16(14)22)25-8-7-20/h3-6,9-11,17H,7-8H2,1-2H3. The zero-order valence-corrected chi connectivity index (χ0v) is 19.0. The van der Waals surface area contributed by atoms with Gasteiger partial charge in [0.15, 0.2) is 10.7 Å². The molecule has 0 radical (unpaired) electrons. The Morgan fingerprint density at radius 3 is 2.30 bits per heavy atom. The molecular weight excluding hydrogens is 528 g/mol. The fourth-order valence-electron chi connectivity index (χ4n) is 2.06. The number of alkyl halides is 3. The van der Waals surface area contributed by atoms with E-state index in [9.17, 15) is 13.2 Å². The Morgan fingerprint density at radius 1 is 1.15 bits per heavy atom. The quantitative estimate of drug-likeness (QED) is 0.279. The lowest BCUT2D eigenvalue weighted by atomic mass is 10.1. The second-order valence-corrected chi connectivity index (χ2v) is 10.0. The van der Waals surface area contributed by atoms with Gasteiger partial charge >= 0.3 is 10.1 Å². The van der Waals surface area contributed by atoms with Crippen molar-refractivity contribution in [3.63, 3.8) is 0 Å². The van der Waals surface area contributed by atoms with Crippen molar-refractivity contribution in [1.29, 1.82) is 0 Å². The van der Waals surface area contributed by atoms with E-state index in [0.717, 1.165) is 0 Å². The molecule has 1 aromatic carbocycles. The maximum atomic E-state index is 12.7. The van der Waals surface area contributed by atoms with Gasteiger partial charge < -0.3 is 13.5 Å². The van der Waals surface area contributed by atoms with Crippen LogP contribution in [0.2, 0.25) is 0 Å². The molecule has 0 N–H and O–H groups in total. The number of rotatable bonds is 8. The molecule has 0 fully saturated rings. The number of nitrogens with zero attached hydrogens (tertiary/aromatic N) is 1. The number of hydrogen-bond acceptors (Lipinski definition) is 5. The van der Waals surface area contributed by atoms with E-state index < -0.39 is 20.3 Å². The Morgan fingerprint density at radius 2 is 1.78 bits per heavy atom. The third-order valence-electron chi connectivity index (χ3n) is 3.53. The molecule has 1 heterocycles. The van der Waals surface area contributed by atoms with Crippen molar-refractivity contribution in [2.45, 2.75) is 24.1 Å². The molecule has 0 unspecified atom stereocenters. The molecule has 27 heavy (non-hydrogen) atoms. The number of ether oxygens (including phenoxy) is 1. The largest absolute Gasteiger partial charge is 0.487 e. The van der Waals surface area contributed by atoms with Gasteiger partial charge in [-0.05, 0) is 31.5 Å². The van der Waals surface area contributed by atoms with Crippen LogP contribution in [0.3, 0.4) is 0 Å². The molecule has 2 aromatic rings. The number of pyridine rings is 1. The summed E-state index contributed by atoms with van der Waals surface area (Å²) in [7, 11) is -3.69. The number of hydrogen-bond donors (Lipinski definition) is 0. The summed E-state index contributed by atoms with van der Waals surface area (Å²) in [6.07, 6.45) is 2.97. The van der Waals surface area contributed by atoms with Gasteiger partial charge in [-0.1, -0.05) is 57.9 Å². The lowest BCUT2D eigenvalue weighted by molar-refractivity contribution is 0.340. The molecule has 0 aliphatic rings. The third kappa shape index (κ3) is 5.75. The molecule has 0 aliphatic carbocycles.